The highest BCUT2D eigenvalue weighted by Crippen LogP contribution is 2.49. The maximum atomic E-state index is 13.0. The van der Waals surface area contributed by atoms with E-state index in [2.05, 4.69) is 15.2 Å². The van der Waals surface area contributed by atoms with E-state index in [-0.39, 0.29) is 11.2 Å². The first-order chi connectivity index (χ1) is 14.2. The van der Waals surface area contributed by atoms with Crippen LogP contribution in [0, 0.1) is 0 Å². The van der Waals surface area contributed by atoms with Crippen molar-refractivity contribution >= 4 is 57.5 Å². The van der Waals surface area contributed by atoms with Gasteiger partial charge in [0.05, 0.1) is 14.8 Å². The molecule has 3 heterocycles. The molecule has 1 aromatic carbocycles. The Labute approximate surface area is 188 Å². The molecule has 0 radical (unpaired) electrons. The third kappa shape index (κ3) is 3.79. The van der Waals surface area contributed by atoms with Crippen molar-refractivity contribution in [2.75, 3.05) is 5.75 Å². The standard InChI is InChI=1S/C19H13Cl2F3N4S2/c1-3-29-15-13(21)14(9-4-6-10(20)7-5-9)30-16(15)18-25-11-8-12(19(22,23)24)26-27-17(11)28(18)2/h4-8H,3H2,1-2H3. The van der Waals surface area contributed by atoms with E-state index in [0.717, 1.165) is 32.0 Å². The number of imidazole rings is 1. The number of aryl methyl sites for hydroxylation is 1. The van der Waals surface area contributed by atoms with Gasteiger partial charge in [-0.05, 0) is 23.4 Å². The van der Waals surface area contributed by atoms with Crippen molar-refractivity contribution in [3.05, 3.63) is 46.1 Å². The Morgan fingerprint density at radius 2 is 1.80 bits per heavy atom. The van der Waals surface area contributed by atoms with E-state index >= 15 is 0 Å². The second-order valence-electron chi connectivity index (χ2n) is 6.27. The fourth-order valence-corrected chi connectivity index (χ4v) is 5.82. The van der Waals surface area contributed by atoms with Gasteiger partial charge in [-0.3, -0.25) is 0 Å². The van der Waals surface area contributed by atoms with Crippen LogP contribution in [0.1, 0.15) is 12.6 Å². The topological polar surface area (TPSA) is 43.6 Å². The summed E-state index contributed by atoms with van der Waals surface area (Å²) in [6.45, 7) is 2.00. The summed E-state index contributed by atoms with van der Waals surface area (Å²) >= 11 is 15.7. The lowest BCUT2D eigenvalue weighted by Gasteiger charge is -2.04. The quantitative estimate of drug-likeness (QED) is 0.285. The predicted octanol–water partition coefficient (Wildman–Crippen LogP) is 7.20. The van der Waals surface area contributed by atoms with Gasteiger partial charge >= 0.3 is 6.18 Å². The SMILES string of the molecule is CCSc1c(-c2nc3cc(C(F)(F)F)nnc3n2C)sc(-c2ccc(Cl)cc2)c1Cl. The van der Waals surface area contributed by atoms with Crippen LogP contribution in [0.2, 0.25) is 10.0 Å². The summed E-state index contributed by atoms with van der Waals surface area (Å²) in [6.07, 6.45) is -4.59. The van der Waals surface area contributed by atoms with Crippen molar-refractivity contribution < 1.29 is 13.2 Å². The number of hydrogen-bond donors (Lipinski definition) is 0. The van der Waals surface area contributed by atoms with E-state index < -0.39 is 11.9 Å². The van der Waals surface area contributed by atoms with Gasteiger partial charge in [-0.2, -0.15) is 13.2 Å². The van der Waals surface area contributed by atoms with E-state index in [4.69, 9.17) is 23.2 Å². The number of rotatable bonds is 4. The number of fused-ring (bicyclic) bond motifs is 1. The molecular formula is C19H13Cl2F3N4S2. The molecule has 0 saturated carbocycles. The molecule has 4 nitrogen and oxygen atoms in total. The molecule has 30 heavy (non-hydrogen) atoms. The van der Waals surface area contributed by atoms with E-state index in [9.17, 15) is 13.2 Å². The number of hydrogen-bond acceptors (Lipinski definition) is 5. The van der Waals surface area contributed by atoms with Crippen LogP contribution in [0.5, 0.6) is 0 Å². The summed E-state index contributed by atoms with van der Waals surface area (Å²) in [5.74, 6) is 1.26. The van der Waals surface area contributed by atoms with Gasteiger partial charge in [-0.25, -0.2) is 4.98 Å². The molecule has 3 aromatic heterocycles. The highest BCUT2D eigenvalue weighted by Gasteiger charge is 2.34. The van der Waals surface area contributed by atoms with E-state index in [0.29, 0.717) is 15.9 Å². The molecule has 0 fully saturated rings. The summed E-state index contributed by atoms with van der Waals surface area (Å²) in [5, 5.41) is 8.25. The Morgan fingerprint density at radius 1 is 1.10 bits per heavy atom. The molecular weight excluding hydrogens is 476 g/mol. The van der Waals surface area contributed by atoms with Gasteiger partial charge in [-0.15, -0.1) is 33.3 Å². The number of thioether (sulfide) groups is 1. The average molecular weight is 489 g/mol. The van der Waals surface area contributed by atoms with Crippen LogP contribution >= 0.6 is 46.3 Å². The van der Waals surface area contributed by atoms with E-state index in [1.165, 1.54) is 11.3 Å². The summed E-state index contributed by atoms with van der Waals surface area (Å²) in [4.78, 5) is 6.88. The van der Waals surface area contributed by atoms with Crippen molar-refractivity contribution in [3.8, 4) is 21.1 Å². The first-order valence-electron chi connectivity index (χ1n) is 8.69. The fourth-order valence-electron chi connectivity index (χ4n) is 2.93. The van der Waals surface area contributed by atoms with Crippen LogP contribution in [0.4, 0.5) is 13.2 Å². The van der Waals surface area contributed by atoms with Crippen LogP contribution in [0.15, 0.2) is 35.2 Å². The Kier molecular flexibility index (Phi) is 5.73. The third-order valence-corrected chi connectivity index (χ3v) is 7.52. The van der Waals surface area contributed by atoms with Gasteiger partial charge in [0.2, 0.25) is 0 Å². The molecule has 0 unspecified atom stereocenters. The number of aromatic nitrogens is 4. The number of alkyl halides is 3. The lowest BCUT2D eigenvalue weighted by atomic mass is 10.2. The monoisotopic (exact) mass is 488 g/mol. The fraction of sp³-hybridized carbons (Fsp3) is 0.211. The zero-order valence-electron chi connectivity index (χ0n) is 15.6. The number of halogens is 5. The highest BCUT2D eigenvalue weighted by molar-refractivity contribution is 7.99. The summed E-state index contributed by atoms with van der Waals surface area (Å²) in [6, 6.07) is 8.22. The number of benzene rings is 1. The number of nitrogens with zero attached hydrogens (tertiary/aromatic N) is 4. The van der Waals surface area contributed by atoms with Crippen molar-refractivity contribution in [3.63, 3.8) is 0 Å². The van der Waals surface area contributed by atoms with Crippen LogP contribution < -0.4 is 0 Å². The molecule has 0 aliphatic rings. The largest absolute Gasteiger partial charge is 0.435 e. The molecule has 0 spiro atoms. The van der Waals surface area contributed by atoms with Crippen molar-refractivity contribution in [2.45, 2.75) is 18.0 Å². The summed E-state index contributed by atoms with van der Waals surface area (Å²) in [5.41, 5.74) is 0.216. The zero-order chi connectivity index (χ0) is 21.6. The Bertz CT molecular complexity index is 1230. The molecule has 4 rings (SSSR count). The smallest absolute Gasteiger partial charge is 0.310 e. The molecule has 0 bridgehead atoms. The van der Waals surface area contributed by atoms with Crippen molar-refractivity contribution in [1.82, 2.24) is 19.7 Å². The minimum atomic E-state index is -4.59. The normalized spacial score (nSPS) is 12.1. The first kappa shape index (κ1) is 21.4. The highest BCUT2D eigenvalue weighted by atomic mass is 35.5. The Balaban J connectivity index is 1.91. The van der Waals surface area contributed by atoms with Gasteiger partial charge in [0, 0.05) is 23.0 Å². The molecule has 0 amide bonds. The first-order valence-corrected chi connectivity index (χ1v) is 11.2. The molecule has 4 aromatic rings. The predicted molar refractivity (Wildman–Crippen MR) is 116 cm³/mol. The van der Waals surface area contributed by atoms with Crippen LogP contribution in [-0.4, -0.2) is 25.5 Å². The summed E-state index contributed by atoms with van der Waals surface area (Å²) < 4.78 is 40.7. The maximum Gasteiger partial charge on any atom is 0.435 e. The van der Waals surface area contributed by atoms with Gasteiger partial charge in [0.1, 0.15) is 5.52 Å². The second-order valence-corrected chi connectivity index (χ2v) is 9.38. The second kappa shape index (κ2) is 8.03. The zero-order valence-corrected chi connectivity index (χ0v) is 18.7. The van der Waals surface area contributed by atoms with Crippen LogP contribution in [-0.2, 0) is 13.2 Å². The third-order valence-electron chi connectivity index (χ3n) is 4.31. The minimum absolute atomic E-state index is 0.125. The van der Waals surface area contributed by atoms with Gasteiger partial charge in [0.15, 0.2) is 17.2 Å². The van der Waals surface area contributed by atoms with Crippen molar-refractivity contribution in [1.29, 1.82) is 0 Å². The van der Waals surface area contributed by atoms with E-state index in [1.807, 2.05) is 19.1 Å². The number of thiophene rings is 1. The molecule has 0 aliphatic heterocycles. The van der Waals surface area contributed by atoms with Gasteiger partial charge in [-0.1, -0.05) is 42.3 Å². The van der Waals surface area contributed by atoms with Crippen molar-refractivity contribution in [2.24, 2.45) is 7.05 Å². The Morgan fingerprint density at radius 3 is 2.43 bits per heavy atom. The molecule has 11 heteroatoms. The molecule has 0 aliphatic carbocycles. The molecule has 0 atom stereocenters. The lowest BCUT2D eigenvalue weighted by Crippen LogP contribution is -2.09. The minimum Gasteiger partial charge on any atom is -0.310 e. The van der Waals surface area contributed by atoms with E-state index in [1.54, 1.807) is 35.5 Å². The lowest BCUT2D eigenvalue weighted by molar-refractivity contribution is -0.141. The molecule has 0 saturated heterocycles. The molecule has 0 N–H and O–H groups in total. The van der Waals surface area contributed by atoms with Gasteiger partial charge < -0.3 is 4.57 Å². The summed E-state index contributed by atoms with van der Waals surface area (Å²) in [7, 11) is 1.70. The molecule has 156 valence electrons. The Hall–Kier alpha value is -1.81. The van der Waals surface area contributed by atoms with Crippen LogP contribution in [0.3, 0.4) is 0 Å². The average Bonchev–Trinajstić information content (AvgIpc) is 3.19. The maximum absolute atomic E-state index is 13.0. The van der Waals surface area contributed by atoms with Crippen LogP contribution in [0.25, 0.3) is 32.3 Å². The van der Waals surface area contributed by atoms with Gasteiger partial charge in [0.25, 0.3) is 0 Å².